The molecule has 0 unspecified atom stereocenters. The normalized spacial score (nSPS) is 10.6. The van der Waals surface area contributed by atoms with Gasteiger partial charge in [-0.2, -0.15) is 4.98 Å². The Bertz CT molecular complexity index is 551. The maximum Gasteiger partial charge on any atom is 0.234 e. The number of benzene rings is 1. The molecule has 0 radical (unpaired) electrons. The summed E-state index contributed by atoms with van der Waals surface area (Å²) in [5, 5.41) is 3.73. The van der Waals surface area contributed by atoms with E-state index in [4.69, 9.17) is 4.52 Å². The van der Waals surface area contributed by atoms with Gasteiger partial charge in [0.25, 0.3) is 0 Å². The monoisotopic (exact) mass is 248 g/mol. The molecule has 0 N–H and O–H groups in total. The van der Waals surface area contributed by atoms with E-state index < -0.39 is 0 Å². The van der Waals surface area contributed by atoms with Gasteiger partial charge in [-0.1, -0.05) is 30.3 Å². The van der Waals surface area contributed by atoms with E-state index in [-0.39, 0.29) is 30.3 Å². The second kappa shape index (κ2) is 5.53. The Morgan fingerprint density at radius 1 is 1.39 bits per heavy atom. The van der Waals surface area contributed by atoms with E-state index in [2.05, 4.69) is 10.1 Å². The molecule has 1 aromatic heterocycles. The average Bonchev–Trinajstić information content (AvgIpc) is 2.79. The van der Waals surface area contributed by atoms with Gasteiger partial charge in [0.05, 0.1) is 6.42 Å². The van der Waals surface area contributed by atoms with Crippen LogP contribution in [-0.4, -0.2) is 15.9 Å². The summed E-state index contributed by atoms with van der Waals surface area (Å²) < 4.78 is 18.4. The summed E-state index contributed by atoms with van der Waals surface area (Å²) in [5.74, 6) is 0.414. The van der Waals surface area contributed by atoms with Gasteiger partial charge in [0.15, 0.2) is 5.82 Å². The van der Waals surface area contributed by atoms with Gasteiger partial charge < -0.3 is 4.52 Å². The molecule has 94 valence electrons. The fourth-order valence-electron chi connectivity index (χ4n) is 1.54. The van der Waals surface area contributed by atoms with Crippen molar-refractivity contribution >= 4 is 5.78 Å². The highest BCUT2D eigenvalue weighted by Crippen LogP contribution is 2.11. The number of aromatic nitrogens is 2. The molecule has 0 saturated carbocycles. The van der Waals surface area contributed by atoms with Gasteiger partial charge in [0.1, 0.15) is 11.6 Å². The number of ketones is 1. The minimum Gasteiger partial charge on any atom is -0.339 e. The number of halogens is 1. The van der Waals surface area contributed by atoms with Gasteiger partial charge >= 0.3 is 0 Å². The summed E-state index contributed by atoms with van der Waals surface area (Å²) in [5.41, 5.74) is 0.506. The van der Waals surface area contributed by atoms with Gasteiger partial charge in [0.2, 0.25) is 5.89 Å². The molecular formula is C13H13FN2O2. The van der Waals surface area contributed by atoms with Crippen molar-refractivity contribution in [1.29, 1.82) is 0 Å². The molecule has 5 heteroatoms. The zero-order valence-electron chi connectivity index (χ0n) is 10.0. The Kier molecular flexibility index (Phi) is 3.82. The van der Waals surface area contributed by atoms with Crippen LogP contribution in [-0.2, 0) is 17.6 Å². The Morgan fingerprint density at radius 3 is 2.89 bits per heavy atom. The van der Waals surface area contributed by atoms with Crippen molar-refractivity contribution in [1.82, 2.24) is 10.1 Å². The van der Waals surface area contributed by atoms with Crippen LogP contribution in [0.3, 0.4) is 0 Å². The summed E-state index contributed by atoms with van der Waals surface area (Å²) in [6.07, 6.45) is 0.836. The Labute approximate surface area is 104 Å². The van der Waals surface area contributed by atoms with Crippen LogP contribution in [0.25, 0.3) is 0 Å². The smallest absolute Gasteiger partial charge is 0.234 e. The zero-order chi connectivity index (χ0) is 13.0. The molecule has 0 atom stereocenters. The molecule has 1 aromatic carbocycles. The topological polar surface area (TPSA) is 56.0 Å². The second-order valence-electron chi connectivity index (χ2n) is 3.94. The van der Waals surface area contributed by atoms with E-state index in [0.29, 0.717) is 17.8 Å². The largest absolute Gasteiger partial charge is 0.339 e. The third-order valence-corrected chi connectivity index (χ3v) is 2.56. The molecule has 0 aliphatic rings. The third kappa shape index (κ3) is 3.00. The Balaban J connectivity index is 2.07. The standard InChI is InChI=1S/C13H13FN2O2/c1-2-10(17)8-13-15-12(16-18-13)7-9-5-3-4-6-11(9)14/h3-6H,2,7-8H2,1H3. The summed E-state index contributed by atoms with van der Waals surface area (Å²) in [6, 6.07) is 6.43. The van der Waals surface area contributed by atoms with Crippen LogP contribution in [0, 0.1) is 5.82 Å². The first-order valence-electron chi connectivity index (χ1n) is 5.75. The van der Waals surface area contributed by atoms with Gasteiger partial charge in [-0.15, -0.1) is 0 Å². The minimum absolute atomic E-state index is 0.0380. The number of carbonyl (C=O) groups is 1. The second-order valence-corrected chi connectivity index (χ2v) is 3.94. The Hall–Kier alpha value is -2.04. The van der Waals surface area contributed by atoms with Gasteiger partial charge in [-0.05, 0) is 11.6 Å². The molecule has 4 nitrogen and oxygen atoms in total. The fourth-order valence-corrected chi connectivity index (χ4v) is 1.54. The predicted octanol–water partition coefficient (Wildman–Crippen LogP) is 2.32. The number of hydrogen-bond donors (Lipinski definition) is 0. The zero-order valence-corrected chi connectivity index (χ0v) is 10.0. The Morgan fingerprint density at radius 2 is 2.17 bits per heavy atom. The summed E-state index contributed by atoms with van der Waals surface area (Å²) in [4.78, 5) is 15.3. The van der Waals surface area contributed by atoms with E-state index in [1.807, 2.05) is 0 Å². The van der Waals surface area contributed by atoms with Crippen LogP contribution in [0.5, 0.6) is 0 Å². The number of hydrogen-bond acceptors (Lipinski definition) is 4. The lowest BCUT2D eigenvalue weighted by Gasteiger charge is -1.97. The van der Waals surface area contributed by atoms with E-state index in [1.165, 1.54) is 6.07 Å². The lowest BCUT2D eigenvalue weighted by atomic mass is 10.1. The highest BCUT2D eigenvalue weighted by molar-refractivity contribution is 5.79. The number of rotatable bonds is 5. The molecule has 0 bridgehead atoms. The van der Waals surface area contributed by atoms with Crippen LogP contribution < -0.4 is 0 Å². The maximum atomic E-state index is 13.4. The van der Waals surface area contributed by atoms with Crippen molar-refractivity contribution in [2.45, 2.75) is 26.2 Å². The first-order valence-corrected chi connectivity index (χ1v) is 5.75. The highest BCUT2D eigenvalue weighted by atomic mass is 19.1. The molecule has 2 aromatic rings. The van der Waals surface area contributed by atoms with Gasteiger partial charge in [-0.25, -0.2) is 4.39 Å². The van der Waals surface area contributed by atoms with Crippen LogP contribution >= 0.6 is 0 Å². The molecule has 2 rings (SSSR count). The molecular weight excluding hydrogens is 235 g/mol. The van der Waals surface area contributed by atoms with Crippen molar-refractivity contribution in [3.8, 4) is 0 Å². The van der Waals surface area contributed by atoms with E-state index in [9.17, 15) is 9.18 Å². The van der Waals surface area contributed by atoms with Crippen LogP contribution in [0.4, 0.5) is 4.39 Å². The number of carbonyl (C=O) groups excluding carboxylic acids is 1. The summed E-state index contributed by atoms with van der Waals surface area (Å²) in [7, 11) is 0. The summed E-state index contributed by atoms with van der Waals surface area (Å²) in [6.45, 7) is 1.78. The lowest BCUT2D eigenvalue weighted by Crippen LogP contribution is -2.01. The molecule has 0 aliphatic carbocycles. The van der Waals surface area contributed by atoms with Crippen molar-refractivity contribution in [2.75, 3.05) is 0 Å². The van der Waals surface area contributed by atoms with Crippen molar-refractivity contribution in [3.05, 3.63) is 47.4 Å². The van der Waals surface area contributed by atoms with Crippen molar-refractivity contribution < 1.29 is 13.7 Å². The molecule has 0 fully saturated rings. The van der Waals surface area contributed by atoms with E-state index in [1.54, 1.807) is 25.1 Å². The third-order valence-electron chi connectivity index (χ3n) is 2.56. The lowest BCUT2D eigenvalue weighted by molar-refractivity contribution is -0.118. The van der Waals surface area contributed by atoms with Crippen LogP contribution in [0.15, 0.2) is 28.8 Å². The van der Waals surface area contributed by atoms with Crippen molar-refractivity contribution in [3.63, 3.8) is 0 Å². The van der Waals surface area contributed by atoms with Crippen molar-refractivity contribution in [2.24, 2.45) is 0 Å². The molecule has 0 spiro atoms. The van der Waals surface area contributed by atoms with E-state index >= 15 is 0 Å². The van der Waals surface area contributed by atoms with Gasteiger partial charge in [-0.3, -0.25) is 4.79 Å². The van der Waals surface area contributed by atoms with Crippen LogP contribution in [0.2, 0.25) is 0 Å². The highest BCUT2D eigenvalue weighted by Gasteiger charge is 2.11. The van der Waals surface area contributed by atoms with Gasteiger partial charge in [0, 0.05) is 12.8 Å². The molecule has 1 heterocycles. The molecule has 18 heavy (non-hydrogen) atoms. The summed E-state index contributed by atoms with van der Waals surface area (Å²) >= 11 is 0. The first-order chi connectivity index (χ1) is 8.69. The van der Waals surface area contributed by atoms with Crippen LogP contribution in [0.1, 0.15) is 30.6 Å². The number of nitrogens with zero attached hydrogens (tertiary/aromatic N) is 2. The maximum absolute atomic E-state index is 13.4. The fraction of sp³-hybridized carbons (Fsp3) is 0.308. The minimum atomic E-state index is -0.298. The quantitative estimate of drug-likeness (QED) is 0.814. The first kappa shape index (κ1) is 12.4. The molecule has 0 aliphatic heterocycles. The molecule has 0 saturated heterocycles. The number of Topliss-reactive ketones (excluding diaryl/α,β-unsaturated/α-hetero) is 1. The molecule has 0 amide bonds. The van der Waals surface area contributed by atoms with E-state index in [0.717, 1.165) is 0 Å². The predicted molar refractivity (Wildman–Crippen MR) is 62.5 cm³/mol. The average molecular weight is 248 g/mol. The SMILES string of the molecule is CCC(=O)Cc1nc(Cc2ccccc2F)no1.